The number of hydrogen-bond donors (Lipinski definition) is 2. The van der Waals surface area contributed by atoms with Crippen molar-refractivity contribution >= 4 is 5.96 Å². The highest BCUT2D eigenvalue weighted by molar-refractivity contribution is 5.79. The molecule has 0 radical (unpaired) electrons. The molecule has 0 spiro atoms. The van der Waals surface area contributed by atoms with Crippen LogP contribution in [-0.4, -0.2) is 19.0 Å². The third-order valence-corrected chi connectivity index (χ3v) is 2.37. The Morgan fingerprint density at radius 1 is 1.35 bits per heavy atom. The van der Waals surface area contributed by atoms with Crippen molar-refractivity contribution in [2.24, 2.45) is 4.99 Å². The van der Waals surface area contributed by atoms with Crippen LogP contribution in [0.15, 0.2) is 29.3 Å². The van der Waals surface area contributed by atoms with Crippen LogP contribution < -0.4 is 10.6 Å². The number of rotatable bonds is 4. The monoisotopic (exact) mass is 229 g/mol. The number of benzene rings is 1. The van der Waals surface area contributed by atoms with Crippen molar-refractivity contribution in [2.45, 2.75) is 20.4 Å². The summed E-state index contributed by atoms with van der Waals surface area (Å²) in [7, 11) is 0. The van der Waals surface area contributed by atoms with E-state index in [0.29, 0.717) is 13.1 Å². The van der Waals surface area contributed by atoms with Crippen LogP contribution in [0.1, 0.15) is 18.1 Å². The number of aliphatic imine (C=N–C) groups is 1. The predicted molar refractivity (Wildman–Crippen MR) is 72.8 cm³/mol. The lowest BCUT2D eigenvalue weighted by molar-refractivity contribution is 0.863. The first-order chi connectivity index (χ1) is 8.27. The lowest BCUT2D eigenvalue weighted by Crippen LogP contribution is -2.37. The molecule has 90 valence electrons. The van der Waals surface area contributed by atoms with E-state index in [4.69, 9.17) is 6.42 Å². The van der Waals surface area contributed by atoms with Crippen molar-refractivity contribution < 1.29 is 0 Å². The quantitative estimate of drug-likeness (QED) is 0.468. The van der Waals surface area contributed by atoms with Crippen LogP contribution >= 0.6 is 0 Å². The van der Waals surface area contributed by atoms with Gasteiger partial charge in [0.1, 0.15) is 0 Å². The zero-order valence-electron chi connectivity index (χ0n) is 10.5. The predicted octanol–water partition coefficient (Wildman–Crippen LogP) is 1.68. The van der Waals surface area contributed by atoms with Crippen LogP contribution in [-0.2, 0) is 6.54 Å². The standard InChI is InChI=1S/C14H19N3/c1-4-10-16-14(15-5-2)17-11-13-9-7-6-8-12(13)3/h1,6-9H,5,10-11H2,2-3H3,(H2,15,16,17). The molecule has 0 unspecified atom stereocenters. The molecule has 0 aliphatic rings. The molecule has 3 nitrogen and oxygen atoms in total. The van der Waals surface area contributed by atoms with E-state index in [-0.39, 0.29) is 0 Å². The summed E-state index contributed by atoms with van der Waals surface area (Å²) in [4.78, 5) is 4.48. The SMILES string of the molecule is C#CCNC(=NCc1ccccc1C)NCC. The van der Waals surface area contributed by atoms with Gasteiger partial charge < -0.3 is 10.6 Å². The topological polar surface area (TPSA) is 36.4 Å². The van der Waals surface area contributed by atoms with Gasteiger partial charge in [0, 0.05) is 6.54 Å². The molecule has 1 rings (SSSR count). The van der Waals surface area contributed by atoms with Gasteiger partial charge in [-0.25, -0.2) is 4.99 Å². The smallest absolute Gasteiger partial charge is 0.192 e. The second-order valence-corrected chi connectivity index (χ2v) is 3.68. The molecule has 0 atom stereocenters. The zero-order chi connectivity index (χ0) is 12.5. The summed E-state index contributed by atoms with van der Waals surface area (Å²) in [6.45, 7) is 6.09. The molecule has 3 heteroatoms. The van der Waals surface area contributed by atoms with E-state index in [1.165, 1.54) is 11.1 Å². The summed E-state index contributed by atoms with van der Waals surface area (Å²) >= 11 is 0. The fraction of sp³-hybridized carbons (Fsp3) is 0.357. The minimum Gasteiger partial charge on any atom is -0.357 e. The van der Waals surface area contributed by atoms with Crippen molar-refractivity contribution in [3.8, 4) is 12.3 Å². The number of nitrogens with one attached hydrogen (secondary N) is 2. The molecule has 2 N–H and O–H groups in total. The highest BCUT2D eigenvalue weighted by Crippen LogP contribution is 2.07. The maximum atomic E-state index is 5.21. The van der Waals surface area contributed by atoms with Gasteiger partial charge >= 0.3 is 0 Å². The van der Waals surface area contributed by atoms with Crippen LogP contribution in [0.4, 0.5) is 0 Å². The van der Waals surface area contributed by atoms with Gasteiger partial charge in [0.05, 0.1) is 13.1 Å². The lowest BCUT2D eigenvalue weighted by atomic mass is 10.1. The summed E-state index contributed by atoms with van der Waals surface area (Å²) in [6, 6.07) is 8.24. The molecule has 0 saturated carbocycles. The third-order valence-electron chi connectivity index (χ3n) is 2.37. The zero-order valence-corrected chi connectivity index (χ0v) is 10.5. The second kappa shape index (κ2) is 7.34. The fourth-order valence-electron chi connectivity index (χ4n) is 1.43. The van der Waals surface area contributed by atoms with Crippen molar-refractivity contribution in [3.63, 3.8) is 0 Å². The van der Waals surface area contributed by atoms with Gasteiger partial charge in [-0.15, -0.1) is 6.42 Å². The van der Waals surface area contributed by atoms with Crippen molar-refractivity contribution in [2.75, 3.05) is 13.1 Å². The Morgan fingerprint density at radius 2 is 2.12 bits per heavy atom. The first-order valence-corrected chi connectivity index (χ1v) is 5.78. The van der Waals surface area contributed by atoms with Gasteiger partial charge in [-0.1, -0.05) is 30.2 Å². The van der Waals surface area contributed by atoms with E-state index in [9.17, 15) is 0 Å². The number of nitrogens with zero attached hydrogens (tertiary/aromatic N) is 1. The first kappa shape index (κ1) is 13.1. The first-order valence-electron chi connectivity index (χ1n) is 5.78. The van der Waals surface area contributed by atoms with Gasteiger partial charge in [-0.3, -0.25) is 0 Å². The summed E-state index contributed by atoms with van der Waals surface area (Å²) in [6.07, 6.45) is 5.21. The number of terminal acetylenes is 1. The third kappa shape index (κ3) is 4.60. The van der Waals surface area contributed by atoms with Gasteiger partial charge in [-0.05, 0) is 25.0 Å². The van der Waals surface area contributed by atoms with Crippen LogP contribution in [0, 0.1) is 19.3 Å². The Balaban J connectivity index is 2.65. The molecule has 0 amide bonds. The summed E-state index contributed by atoms with van der Waals surface area (Å²) in [5.41, 5.74) is 2.48. The van der Waals surface area contributed by atoms with E-state index in [1.54, 1.807) is 0 Å². The van der Waals surface area contributed by atoms with Crippen LogP contribution in [0.5, 0.6) is 0 Å². The normalized spacial score (nSPS) is 10.8. The van der Waals surface area contributed by atoms with Crippen LogP contribution in [0.2, 0.25) is 0 Å². The van der Waals surface area contributed by atoms with Gasteiger partial charge in [0.2, 0.25) is 0 Å². The summed E-state index contributed by atoms with van der Waals surface area (Å²) in [5.74, 6) is 3.29. The highest BCUT2D eigenvalue weighted by atomic mass is 15.2. The van der Waals surface area contributed by atoms with Gasteiger partial charge in [0.25, 0.3) is 0 Å². The molecule has 0 fully saturated rings. The van der Waals surface area contributed by atoms with Crippen LogP contribution in [0.25, 0.3) is 0 Å². The molecule has 1 aromatic carbocycles. The summed E-state index contributed by atoms with van der Waals surface area (Å²) in [5, 5.41) is 6.21. The molecular formula is C14H19N3. The van der Waals surface area contributed by atoms with Gasteiger partial charge in [-0.2, -0.15) is 0 Å². The number of hydrogen-bond acceptors (Lipinski definition) is 1. The van der Waals surface area contributed by atoms with Crippen molar-refractivity contribution in [1.82, 2.24) is 10.6 Å². The Labute approximate surface area is 103 Å². The Bertz CT molecular complexity index is 416. The molecule has 0 aliphatic heterocycles. The molecule has 1 aromatic rings. The summed E-state index contributed by atoms with van der Waals surface area (Å²) < 4.78 is 0. The lowest BCUT2D eigenvalue weighted by Gasteiger charge is -2.09. The number of guanidine groups is 1. The Morgan fingerprint density at radius 3 is 2.76 bits per heavy atom. The van der Waals surface area contributed by atoms with Crippen molar-refractivity contribution in [1.29, 1.82) is 0 Å². The molecule has 17 heavy (non-hydrogen) atoms. The van der Waals surface area contributed by atoms with E-state index in [2.05, 4.69) is 40.6 Å². The van der Waals surface area contributed by atoms with E-state index in [1.807, 2.05) is 19.1 Å². The maximum Gasteiger partial charge on any atom is 0.192 e. The maximum absolute atomic E-state index is 5.21. The van der Waals surface area contributed by atoms with Gasteiger partial charge in [0.15, 0.2) is 5.96 Å². The molecule has 0 heterocycles. The van der Waals surface area contributed by atoms with Crippen molar-refractivity contribution in [3.05, 3.63) is 35.4 Å². The van der Waals surface area contributed by atoms with E-state index in [0.717, 1.165) is 12.5 Å². The molecular weight excluding hydrogens is 210 g/mol. The average molecular weight is 229 g/mol. The Hall–Kier alpha value is -1.95. The fourth-order valence-corrected chi connectivity index (χ4v) is 1.43. The van der Waals surface area contributed by atoms with E-state index >= 15 is 0 Å². The van der Waals surface area contributed by atoms with E-state index < -0.39 is 0 Å². The minimum atomic E-state index is 0.486. The largest absolute Gasteiger partial charge is 0.357 e. The molecule has 0 aliphatic carbocycles. The highest BCUT2D eigenvalue weighted by Gasteiger charge is 1.97. The van der Waals surface area contributed by atoms with Crippen LogP contribution in [0.3, 0.4) is 0 Å². The molecule has 0 aromatic heterocycles. The second-order valence-electron chi connectivity index (χ2n) is 3.68. The average Bonchev–Trinajstić information content (AvgIpc) is 2.34. The Kier molecular flexibility index (Phi) is 5.67. The molecule has 0 bridgehead atoms. The minimum absolute atomic E-state index is 0.486. The molecule has 0 saturated heterocycles. The number of aryl methyl sites for hydroxylation is 1.